The molecule has 0 spiro atoms. The molecule has 1 aliphatic rings. The summed E-state index contributed by atoms with van der Waals surface area (Å²) < 4.78 is 1.90. The van der Waals surface area contributed by atoms with Gasteiger partial charge in [0.1, 0.15) is 0 Å². The molecule has 0 bridgehead atoms. The van der Waals surface area contributed by atoms with Crippen molar-refractivity contribution in [2.24, 2.45) is 23.7 Å². The molecule has 1 saturated heterocycles. The van der Waals surface area contributed by atoms with Crippen molar-refractivity contribution in [1.29, 1.82) is 0 Å². The molecule has 20 heavy (non-hydrogen) atoms. The summed E-state index contributed by atoms with van der Waals surface area (Å²) in [6, 6.07) is 0. The Labute approximate surface area is 138 Å². The summed E-state index contributed by atoms with van der Waals surface area (Å²) in [6.07, 6.45) is 2.42. The highest BCUT2D eigenvalue weighted by Crippen LogP contribution is 2.16. The molecule has 1 aliphatic heterocycles. The van der Waals surface area contributed by atoms with Crippen molar-refractivity contribution in [1.82, 2.24) is 14.7 Å². The van der Waals surface area contributed by atoms with Crippen LogP contribution in [0.2, 0.25) is 0 Å². The van der Waals surface area contributed by atoms with Crippen molar-refractivity contribution in [2.45, 2.75) is 40.2 Å². The molecule has 5 nitrogen and oxygen atoms in total. The SMILES string of the molecule is Cc1nn(C)c(C)c1CN=C(N)N1CCC(C)CC1.I. The van der Waals surface area contributed by atoms with E-state index < -0.39 is 0 Å². The van der Waals surface area contributed by atoms with E-state index in [0.717, 1.165) is 24.7 Å². The Kier molecular flexibility index (Phi) is 6.29. The van der Waals surface area contributed by atoms with E-state index in [0.29, 0.717) is 12.5 Å². The molecular formula is C14H26IN5. The van der Waals surface area contributed by atoms with Crippen LogP contribution in [0.5, 0.6) is 0 Å². The number of hydrogen-bond donors (Lipinski definition) is 1. The minimum atomic E-state index is 0. The number of piperidine rings is 1. The van der Waals surface area contributed by atoms with Crippen molar-refractivity contribution in [2.75, 3.05) is 13.1 Å². The highest BCUT2D eigenvalue weighted by atomic mass is 127. The molecule has 2 rings (SSSR count). The molecule has 1 aromatic heterocycles. The quantitative estimate of drug-likeness (QED) is 0.478. The third-order valence-electron chi connectivity index (χ3n) is 4.17. The van der Waals surface area contributed by atoms with Crippen LogP contribution in [-0.2, 0) is 13.6 Å². The van der Waals surface area contributed by atoms with Crippen molar-refractivity contribution < 1.29 is 0 Å². The molecule has 2 heterocycles. The van der Waals surface area contributed by atoms with E-state index in [-0.39, 0.29) is 24.0 Å². The summed E-state index contributed by atoms with van der Waals surface area (Å²) in [6.45, 7) is 9.08. The summed E-state index contributed by atoms with van der Waals surface area (Å²) in [4.78, 5) is 6.74. The number of halogens is 1. The number of aryl methyl sites for hydroxylation is 2. The monoisotopic (exact) mass is 391 g/mol. The lowest BCUT2D eigenvalue weighted by Gasteiger charge is -2.31. The Balaban J connectivity index is 0.00000200. The summed E-state index contributed by atoms with van der Waals surface area (Å²) in [7, 11) is 1.96. The molecule has 0 aliphatic carbocycles. The van der Waals surface area contributed by atoms with Crippen LogP contribution in [0.1, 0.15) is 36.7 Å². The van der Waals surface area contributed by atoms with Gasteiger partial charge in [0.05, 0.1) is 12.2 Å². The lowest BCUT2D eigenvalue weighted by atomic mass is 10.00. The minimum absolute atomic E-state index is 0. The Morgan fingerprint density at radius 2 is 1.95 bits per heavy atom. The third-order valence-corrected chi connectivity index (χ3v) is 4.17. The molecule has 114 valence electrons. The van der Waals surface area contributed by atoms with Crippen LogP contribution in [-0.4, -0.2) is 33.7 Å². The number of rotatable bonds is 2. The first-order chi connectivity index (χ1) is 8.99. The van der Waals surface area contributed by atoms with E-state index in [1.54, 1.807) is 0 Å². The molecule has 0 unspecified atom stereocenters. The Morgan fingerprint density at radius 1 is 1.35 bits per heavy atom. The fourth-order valence-electron chi connectivity index (χ4n) is 2.54. The number of aliphatic imine (C=N–C) groups is 1. The van der Waals surface area contributed by atoms with Crippen LogP contribution in [0, 0.1) is 19.8 Å². The smallest absolute Gasteiger partial charge is 0.191 e. The van der Waals surface area contributed by atoms with Gasteiger partial charge in [-0.3, -0.25) is 4.68 Å². The first-order valence-electron chi connectivity index (χ1n) is 7.03. The molecule has 0 amide bonds. The highest BCUT2D eigenvalue weighted by molar-refractivity contribution is 14.0. The Bertz CT molecular complexity index is 472. The highest BCUT2D eigenvalue weighted by Gasteiger charge is 2.17. The van der Waals surface area contributed by atoms with E-state index in [2.05, 4.69) is 28.8 Å². The van der Waals surface area contributed by atoms with E-state index in [1.165, 1.54) is 24.1 Å². The van der Waals surface area contributed by atoms with Crippen LogP contribution < -0.4 is 5.73 Å². The van der Waals surface area contributed by atoms with Gasteiger partial charge in [-0.25, -0.2) is 4.99 Å². The number of nitrogens with two attached hydrogens (primary N) is 1. The van der Waals surface area contributed by atoms with E-state index in [4.69, 9.17) is 5.73 Å². The molecule has 0 radical (unpaired) electrons. The van der Waals surface area contributed by atoms with Gasteiger partial charge in [-0.2, -0.15) is 5.10 Å². The van der Waals surface area contributed by atoms with Gasteiger partial charge in [0, 0.05) is 31.4 Å². The fourth-order valence-corrected chi connectivity index (χ4v) is 2.54. The van der Waals surface area contributed by atoms with Crippen LogP contribution in [0.3, 0.4) is 0 Å². The van der Waals surface area contributed by atoms with E-state index in [1.807, 2.05) is 18.7 Å². The average molecular weight is 391 g/mol. The molecule has 1 fully saturated rings. The van der Waals surface area contributed by atoms with Gasteiger partial charge < -0.3 is 10.6 Å². The first kappa shape index (κ1) is 17.3. The molecular weight excluding hydrogens is 365 g/mol. The van der Waals surface area contributed by atoms with Crippen molar-refractivity contribution >= 4 is 29.9 Å². The van der Waals surface area contributed by atoms with Gasteiger partial charge in [-0.1, -0.05) is 6.92 Å². The minimum Gasteiger partial charge on any atom is -0.370 e. The van der Waals surface area contributed by atoms with Gasteiger partial charge in [-0.15, -0.1) is 24.0 Å². The van der Waals surface area contributed by atoms with Crippen LogP contribution in [0.15, 0.2) is 4.99 Å². The molecule has 0 atom stereocenters. The van der Waals surface area contributed by atoms with Crippen molar-refractivity contribution in [3.63, 3.8) is 0 Å². The second kappa shape index (κ2) is 7.28. The predicted octanol–water partition coefficient (Wildman–Crippen LogP) is 2.20. The summed E-state index contributed by atoms with van der Waals surface area (Å²) in [5.74, 6) is 1.49. The second-order valence-electron chi connectivity index (χ2n) is 5.62. The van der Waals surface area contributed by atoms with Crippen LogP contribution in [0.4, 0.5) is 0 Å². The van der Waals surface area contributed by atoms with E-state index in [9.17, 15) is 0 Å². The Morgan fingerprint density at radius 3 is 2.45 bits per heavy atom. The Hall–Kier alpha value is -0.790. The zero-order valence-corrected chi connectivity index (χ0v) is 15.2. The second-order valence-corrected chi connectivity index (χ2v) is 5.62. The zero-order chi connectivity index (χ0) is 14.0. The number of guanidine groups is 1. The van der Waals surface area contributed by atoms with Crippen molar-refractivity contribution in [3.05, 3.63) is 17.0 Å². The lowest BCUT2D eigenvalue weighted by Crippen LogP contribution is -2.42. The number of likely N-dealkylation sites (tertiary alicyclic amines) is 1. The lowest BCUT2D eigenvalue weighted by molar-refractivity contribution is 0.277. The van der Waals surface area contributed by atoms with Gasteiger partial charge in [0.25, 0.3) is 0 Å². The average Bonchev–Trinajstić information content (AvgIpc) is 2.62. The topological polar surface area (TPSA) is 59.4 Å². The molecule has 0 saturated carbocycles. The normalized spacial score (nSPS) is 17.2. The zero-order valence-electron chi connectivity index (χ0n) is 12.9. The first-order valence-corrected chi connectivity index (χ1v) is 7.03. The summed E-state index contributed by atoms with van der Waals surface area (Å²) in [5.41, 5.74) is 9.50. The predicted molar refractivity (Wildman–Crippen MR) is 93.4 cm³/mol. The molecule has 0 aromatic carbocycles. The largest absolute Gasteiger partial charge is 0.370 e. The third kappa shape index (κ3) is 3.86. The number of aromatic nitrogens is 2. The molecule has 1 aromatic rings. The maximum atomic E-state index is 6.10. The standard InChI is InChI=1S/C14H25N5.HI/c1-10-5-7-19(8-6-10)14(15)16-9-13-11(2)17-18(4)12(13)3;/h10H,5-9H2,1-4H3,(H2,15,16);1H. The summed E-state index contributed by atoms with van der Waals surface area (Å²) in [5, 5.41) is 4.40. The van der Waals surface area contributed by atoms with Gasteiger partial charge in [0.15, 0.2) is 5.96 Å². The van der Waals surface area contributed by atoms with Gasteiger partial charge in [0.2, 0.25) is 0 Å². The molecule has 2 N–H and O–H groups in total. The van der Waals surface area contributed by atoms with Crippen molar-refractivity contribution in [3.8, 4) is 0 Å². The van der Waals surface area contributed by atoms with Crippen LogP contribution in [0.25, 0.3) is 0 Å². The van der Waals surface area contributed by atoms with Gasteiger partial charge >= 0.3 is 0 Å². The van der Waals surface area contributed by atoms with Gasteiger partial charge in [-0.05, 0) is 32.6 Å². The number of nitrogens with zero attached hydrogens (tertiary/aromatic N) is 4. The maximum absolute atomic E-state index is 6.10. The maximum Gasteiger partial charge on any atom is 0.191 e. The number of hydrogen-bond acceptors (Lipinski definition) is 2. The molecule has 6 heteroatoms. The van der Waals surface area contributed by atoms with E-state index >= 15 is 0 Å². The summed E-state index contributed by atoms with van der Waals surface area (Å²) >= 11 is 0. The van der Waals surface area contributed by atoms with Crippen LogP contribution >= 0.6 is 24.0 Å². The fraction of sp³-hybridized carbons (Fsp3) is 0.714.